The van der Waals surface area contributed by atoms with Crippen LogP contribution in [0.25, 0.3) is 11.3 Å². The van der Waals surface area contributed by atoms with Gasteiger partial charge in [0.15, 0.2) is 5.76 Å². The van der Waals surface area contributed by atoms with E-state index >= 15 is 0 Å². The smallest absolute Gasteiger partial charge is 0.450 e. The van der Waals surface area contributed by atoms with E-state index in [1.807, 2.05) is 30.3 Å². The topological polar surface area (TPSA) is 122 Å². The predicted octanol–water partition coefficient (Wildman–Crippen LogP) is 7.88. The van der Waals surface area contributed by atoms with Crippen LogP contribution in [0.2, 0.25) is 5.02 Å². The summed E-state index contributed by atoms with van der Waals surface area (Å²) in [6.45, 7) is 3.55. The average molecular weight is 501 g/mol. The third kappa shape index (κ3) is 7.23. The highest BCUT2D eigenvalue weighted by Crippen LogP contribution is 2.35. The van der Waals surface area contributed by atoms with Crippen molar-refractivity contribution in [2.24, 2.45) is 0 Å². The molecule has 3 aromatic rings. The van der Waals surface area contributed by atoms with Gasteiger partial charge >= 0.3 is 12.2 Å². The number of carbonyl (C=O) groups is 2. The van der Waals surface area contributed by atoms with Gasteiger partial charge in [-0.2, -0.15) is 0 Å². The van der Waals surface area contributed by atoms with Crippen molar-refractivity contribution in [3.05, 3.63) is 70.4 Å². The van der Waals surface area contributed by atoms with Crippen molar-refractivity contribution in [3.63, 3.8) is 0 Å². The van der Waals surface area contributed by atoms with Crippen LogP contribution in [0.4, 0.5) is 15.3 Å². The summed E-state index contributed by atoms with van der Waals surface area (Å²) in [4.78, 5) is 21.1. The van der Waals surface area contributed by atoms with Crippen LogP contribution in [-0.2, 0) is 4.74 Å². The zero-order chi connectivity index (χ0) is 25.4. The third-order valence-corrected chi connectivity index (χ3v) is 6.32. The minimum Gasteiger partial charge on any atom is -0.450 e. The molecule has 0 radical (unpaired) electrons. The molecule has 35 heavy (non-hydrogen) atoms. The van der Waals surface area contributed by atoms with E-state index in [9.17, 15) is 4.79 Å². The molecule has 1 aliphatic carbocycles. The van der Waals surface area contributed by atoms with Gasteiger partial charge in [-0.1, -0.05) is 78.5 Å². The van der Waals surface area contributed by atoms with E-state index in [2.05, 4.69) is 22.6 Å². The van der Waals surface area contributed by atoms with Gasteiger partial charge in [-0.15, -0.1) is 0 Å². The van der Waals surface area contributed by atoms with E-state index in [0.717, 1.165) is 11.1 Å². The highest BCUT2D eigenvalue weighted by molar-refractivity contribution is 6.31. The second-order valence-electron chi connectivity index (χ2n) is 8.40. The molecule has 1 heterocycles. The number of nitrogens with zero attached hydrogens (tertiary/aromatic N) is 1. The largest absolute Gasteiger partial charge is 0.503 e. The van der Waals surface area contributed by atoms with Crippen LogP contribution in [0.15, 0.2) is 53.1 Å². The van der Waals surface area contributed by atoms with E-state index in [1.54, 1.807) is 19.9 Å². The Balaban J connectivity index is 0.000000795. The number of benzene rings is 2. The summed E-state index contributed by atoms with van der Waals surface area (Å²) in [6.07, 6.45) is 3.54. The molecule has 9 heteroatoms. The molecule has 1 amide bonds. The summed E-state index contributed by atoms with van der Waals surface area (Å²) in [5.74, 6) is 1.16. The third-order valence-electron chi connectivity index (χ3n) is 5.98. The molecule has 1 atom stereocenters. The number of anilines is 1. The number of carbonyl (C=O) groups excluding carboxylic acids is 1. The normalized spacial score (nSPS) is 14.4. The Kier molecular flexibility index (Phi) is 9.14. The van der Waals surface area contributed by atoms with Crippen molar-refractivity contribution in [1.82, 2.24) is 5.16 Å². The Labute approximate surface area is 208 Å². The minimum absolute atomic E-state index is 0.493. The summed E-state index contributed by atoms with van der Waals surface area (Å²) in [5, 5.41) is 21.5. The van der Waals surface area contributed by atoms with Crippen LogP contribution in [0.5, 0.6) is 0 Å². The molecule has 0 saturated heterocycles. The molecule has 3 N–H and O–H groups in total. The van der Waals surface area contributed by atoms with Gasteiger partial charge in [0.2, 0.25) is 0 Å². The van der Waals surface area contributed by atoms with Gasteiger partial charge in [-0.25, -0.2) is 9.59 Å². The van der Waals surface area contributed by atoms with Gasteiger partial charge in [0.1, 0.15) is 17.5 Å². The van der Waals surface area contributed by atoms with Crippen LogP contribution >= 0.6 is 11.6 Å². The molecular weight excluding hydrogens is 472 g/mol. The number of hydrogen-bond acceptors (Lipinski definition) is 5. The summed E-state index contributed by atoms with van der Waals surface area (Å²) in [5.41, 5.74) is 4.12. The lowest BCUT2D eigenvalue weighted by atomic mass is 9.84. The molecule has 4 rings (SSSR count). The number of carboxylic acid groups (broad SMARTS) is 2. The molecule has 1 saturated carbocycles. The van der Waals surface area contributed by atoms with E-state index < -0.39 is 18.4 Å². The number of hydrogen-bond donors (Lipinski definition) is 3. The van der Waals surface area contributed by atoms with E-state index in [1.165, 1.54) is 37.7 Å². The van der Waals surface area contributed by atoms with Crippen LogP contribution in [0, 0.1) is 6.92 Å². The van der Waals surface area contributed by atoms with E-state index in [-0.39, 0.29) is 0 Å². The first-order valence-corrected chi connectivity index (χ1v) is 11.8. The lowest BCUT2D eigenvalue weighted by Crippen LogP contribution is -2.17. The first kappa shape index (κ1) is 26.1. The molecule has 1 aliphatic rings. The van der Waals surface area contributed by atoms with Gasteiger partial charge in [0.05, 0.1) is 0 Å². The Morgan fingerprint density at radius 3 is 2.34 bits per heavy atom. The van der Waals surface area contributed by atoms with E-state index in [4.69, 9.17) is 35.9 Å². The van der Waals surface area contributed by atoms with E-state index in [0.29, 0.717) is 28.1 Å². The van der Waals surface area contributed by atoms with Gasteiger partial charge in [-0.3, -0.25) is 5.32 Å². The Morgan fingerprint density at radius 1 is 1.09 bits per heavy atom. The number of aryl methyl sites for hydroxylation is 1. The summed E-state index contributed by atoms with van der Waals surface area (Å²) in [6, 6.07) is 15.7. The second-order valence-corrected chi connectivity index (χ2v) is 8.80. The standard InChI is InChI=1S/C25H27ClN2O3.CH2O3/c1-16(21-10-6-7-11-22(21)26)30-25(29)27-23-17(2)31-28-24(23)20-14-12-19(13-15-20)18-8-4-3-5-9-18;2-1(3)4/h6-7,10-16,18H,3-5,8-9H2,1-2H3,(H,27,29);(H2,2,3,4). The lowest BCUT2D eigenvalue weighted by molar-refractivity contribution is 0.121. The highest BCUT2D eigenvalue weighted by atomic mass is 35.5. The van der Waals surface area contributed by atoms with Crippen LogP contribution in [0.3, 0.4) is 0 Å². The quantitative estimate of drug-likeness (QED) is 0.325. The molecule has 8 nitrogen and oxygen atoms in total. The first-order chi connectivity index (χ1) is 16.8. The predicted molar refractivity (Wildman–Crippen MR) is 133 cm³/mol. The van der Waals surface area contributed by atoms with Crippen molar-refractivity contribution in [3.8, 4) is 11.3 Å². The fourth-order valence-electron chi connectivity index (χ4n) is 4.23. The average Bonchev–Trinajstić information content (AvgIpc) is 3.19. The van der Waals surface area contributed by atoms with Gasteiger partial charge < -0.3 is 19.5 Å². The Hall–Kier alpha value is -3.52. The zero-order valence-electron chi connectivity index (χ0n) is 19.7. The van der Waals surface area contributed by atoms with Crippen LogP contribution < -0.4 is 5.32 Å². The fourth-order valence-corrected chi connectivity index (χ4v) is 4.52. The summed E-state index contributed by atoms with van der Waals surface area (Å²) in [7, 11) is 0. The highest BCUT2D eigenvalue weighted by Gasteiger charge is 2.21. The first-order valence-electron chi connectivity index (χ1n) is 11.5. The molecule has 0 aliphatic heterocycles. The number of aromatic nitrogens is 1. The molecule has 186 valence electrons. The second kappa shape index (κ2) is 12.3. The van der Waals surface area contributed by atoms with Crippen LogP contribution in [0.1, 0.15) is 67.9 Å². The van der Waals surface area contributed by atoms with Crippen molar-refractivity contribution in [2.45, 2.75) is 58.0 Å². The number of ether oxygens (including phenoxy) is 1. The summed E-state index contributed by atoms with van der Waals surface area (Å²) < 4.78 is 10.9. The number of halogens is 1. The van der Waals surface area contributed by atoms with Gasteiger partial charge in [0.25, 0.3) is 0 Å². The van der Waals surface area contributed by atoms with Crippen molar-refractivity contribution in [1.29, 1.82) is 0 Å². The molecule has 2 aromatic carbocycles. The Bertz CT molecular complexity index is 1130. The van der Waals surface area contributed by atoms with Gasteiger partial charge in [0, 0.05) is 16.1 Å². The number of nitrogens with one attached hydrogen (secondary N) is 1. The monoisotopic (exact) mass is 500 g/mol. The van der Waals surface area contributed by atoms with Gasteiger partial charge in [-0.05, 0) is 44.2 Å². The minimum atomic E-state index is -1.83. The maximum atomic E-state index is 12.6. The maximum Gasteiger partial charge on any atom is 0.503 e. The molecule has 0 spiro atoms. The molecular formula is C26H29ClN2O6. The molecule has 1 aromatic heterocycles. The van der Waals surface area contributed by atoms with Crippen molar-refractivity contribution < 1.29 is 29.1 Å². The SMILES string of the molecule is Cc1onc(-c2ccc(C3CCCCC3)cc2)c1NC(=O)OC(C)c1ccccc1Cl.O=C(O)O. The van der Waals surface area contributed by atoms with Crippen molar-refractivity contribution in [2.75, 3.05) is 5.32 Å². The molecule has 1 unspecified atom stereocenters. The fraction of sp³-hybridized carbons (Fsp3) is 0.346. The van der Waals surface area contributed by atoms with Crippen LogP contribution in [-0.4, -0.2) is 27.6 Å². The van der Waals surface area contributed by atoms with Crippen molar-refractivity contribution >= 4 is 29.5 Å². The lowest BCUT2D eigenvalue weighted by Gasteiger charge is -2.22. The summed E-state index contributed by atoms with van der Waals surface area (Å²) >= 11 is 6.21. The maximum absolute atomic E-state index is 12.6. The zero-order valence-corrected chi connectivity index (χ0v) is 20.4. The molecule has 1 fully saturated rings. The number of amides is 1. The Morgan fingerprint density at radius 2 is 1.71 bits per heavy atom. The molecule has 0 bridgehead atoms. The number of rotatable bonds is 5.